The fourth-order valence-corrected chi connectivity index (χ4v) is 4.74. The summed E-state index contributed by atoms with van der Waals surface area (Å²) < 4.78 is 11.4. The summed E-state index contributed by atoms with van der Waals surface area (Å²) in [5, 5.41) is 20.8. The van der Waals surface area contributed by atoms with E-state index in [-0.39, 0.29) is 23.4 Å². The van der Waals surface area contributed by atoms with Gasteiger partial charge in [-0.3, -0.25) is 0 Å². The Hall–Kier alpha value is -2.04. The maximum Gasteiger partial charge on any atom is 0.126 e. The molecule has 0 aliphatic carbocycles. The van der Waals surface area contributed by atoms with Gasteiger partial charge in [0.1, 0.15) is 11.5 Å². The van der Waals surface area contributed by atoms with E-state index in [9.17, 15) is 10.2 Å². The first-order chi connectivity index (χ1) is 15.9. The van der Waals surface area contributed by atoms with Crippen LogP contribution in [-0.2, 0) is 17.3 Å². The van der Waals surface area contributed by atoms with Crippen LogP contribution in [0.2, 0.25) is 0 Å². The SMILES string of the molecule is COc1ccc(CCCC(O)C(CCCO)c2cccc(C(C)(C)C)c2OC)cc1C(C)(C)C. The van der Waals surface area contributed by atoms with E-state index in [4.69, 9.17) is 9.47 Å². The van der Waals surface area contributed by atoms with Crippen molar-refractivity contribution in [2.45, 2.75) is 96.5 Å². The predicted molar refractivity (Wildman–Crippen MR) is 141 cm³/mol. The highest BCUT2D eigenvalue weighted by Crippen LogP contribution is 2.40. The minimum atomic E-state index is -0.504. The van der Waals surface area contributed by atoms with Crippen molar-refractivity contribution in [3.63, 3.8) is 0 Å². The van der Waals surface area contributed by atoms with Crippen molar-refractivity contribution in [3.8, 4) is 11.5 Å². The van der Waals surface area contributed by atoms with E-state index in [1.807, 2.05) is 0 Å². The number of methoxy groups -OCH3 is 2. The lowest BCUT2D eigenvalue weighted by molar-refractivity contribution is 0.121. The first kappa shape index (κ1) is 28.2. The summed E-state index contributed by atoms with van der Waals surface area (Å²) in [7, 11) is 3.43. The zero-order valence-electron chi connectivity index (χ0n) is 22.6. The van der Waals surface area contributed by atoms with E-state index in [2.05, 4.69) is 77.9 Å². The number of rotatable bonds is 11. The maximum absolute atomic E-state index is 11.3. The average molecular weight is 471 g/mol. The summed E-state index contributed by atoms with van der Waals surface area (Å²) in [6.07, 6.45) is 3.34. The Labute approximate surface area is 207 Å². The van der Waals surface area contributed by atoms with Crippen LogP contribution in [0.15, 0.2) is 36.4 Å². The molecular formula is C30H46O4. The Morgan fingerprint density at radius 1 is 0.824 bits per heavy atom. The van der Waals surface area contributed by atoms with Crippen molar-refractivity contribution in [3.05, 3.63) is 58.7 Å². The van der Waals surface area contributed by atoms with Crippen LogP contribution in [0.5, 0.6) is 11.5 Å². The lowest BCUT2D eigenvalue weighted by atomic mass is 9.80. The van der Waals surface area contributed by atoms with Crippen molar-refractivity contribution >= 4 is 0 Å². The molecule has 2 N–H and O–H groups in total. The fourth-order valence-electron chi connectivity index (χ4n) is 4.74. The van der Waals surface area contributed by atoms with Crippen molar-refractivity contribution in [1.82, 2.24) is 0 Å². The number of para-hydroxylation sites is 1. The van der Waals surface area contributed by atoms with Crippen LogP contribution in [0.3, 0.4) is 0 Å². The highest BCUT2D eigenvalue weighted by Gasteiger charge is 2.28. The fraction of sp³-hybridized carbons (Fsp3) is 0.600. The molecule has 0 saturated heterocycles. The van der Waals surface area contributed by atoms with E-state index in [1.165, 1.54) is 11.1 Å². The minimum absolute atomic E-state index is 0.00484. The monoisotopic (exact) mass is 470 g/mol. The summed E-state index contributed by atoms with van der Waals surface area (Å²) in [5.74, 6) is 1.71. The van der Waals surface area contributed by atoms with Gasteiger partial charge in [0.15, 0.2) is 0 Å². The molecule has 0 bridgehead atoms. The number of hydrogen-bond acceptors (Lipinski definition) is 4. The van der Waals surface area contributed by atoms with Crippen LogP contribution in [0, 0.1) is 0 Å². The lowest BCUT2D eigenvalue weighted by Gasteiger charge is -2.29. The summed E-state index contributed by atoms with van der Waals surface area (Å²) in [4.78, 5) is 0. The molecule has 4 nitrogen and oxygen atoms in total. The molecule has 0 heterocycles. The molecule has 0 aliphatic rings. The second-order valence-electron chi connectivity index (χ2n) is 11.4. The number of hydrogen-bond donors (Lipinski definition) is 2. The summed E-state index contributed by atoms with van der Waals surface area (Å²) in [6, 6.07) is 12.7. The Bertz CT molecular complexity index is 905. The Balaban J connectivity index is 2.21. The second kappa shape index (κ2) is 12.1. The van der Waals surface area contributed by atoms with Crippen molar-refractivity contribution in [2.75, 3.05) is 20.8 Å². The molecule has 0 amide bonds. The van der Waals surface area contributed by atoms with Gasteiger partial charge in [-0.25, -0.2) is 0 Å². The normalized spacial score (nSPS) is 14.1. The third-order valence-electron chi connectivity index (χ3n) is 6.63. The number of aliphatic hydroxyl groups excluding tert-OH is 2. The number of aryl methyl sites for hydroxylation is 1. The van der Waals surface area contributed by atoms with Gasteiger partial charge in [0, 0.05) is 18.1 Å². The Morgan fingerprint density at radius 3 is 2.06 bits per heavy atom. The second-order valence-corrected chi connectivity index (χ2v) is 11.4. The number of benzene rings is 2. The number of ether oxygens (including phenoxy) is 2. The van der Waals surface area contributed by atoms with Crippen LogP contribution in [-0.4, -0.2) is 37.1 Å². The molecule has 2 atom stereocenters. The van der Waals surface area contributed by atoms with Gasteiger partial charge in [-0.2, -0.15) is 0 Å². The predicted octanol–water partition coefficient (Wildman–Crippen LogP) is 6.54. The molecule has 0 aromatic heterocycles. The molecule has 0 fully saturated rings. The topological polar surface area (TPSA) is 58.9 Å². The third kappa shape index (κ3) is 7.23. The first-order valence-corrected chi connectivity index (χ1v) is 12.6. The number of aliphatic hydroxyl groups is 2. The van der Waals surface area contributed by atoms with Crippen molar-refractivity contribution in [1.29, 1.82) is 0 Å². The van der Waals surface area contributed by atoms with E-state index < -0.39 is 6.10 Å². The molecule has 0 spiro atoms. The van der Waals surface area contributed by atoms with Crippen LogP contribution in [0.1, 0.15) is 95.4 Å². The van der Waals surface area contributed by atoms with Crippen molar-refractivity contribution in [2.24, 2.45) is 0 Å². The summed E-state index contributed by atoms with van der Waals surface area (Å²) >= 11 is 0. The van der Waals surface area contributed by atoms with Crippen LogP contribution < -0.4 is 9.47 Å². The van der Waals surface area contributed by atoms with Gasteiger partial charge in [0.2, 0.25) is 0 Å². The van der Waals surface area contributed by atoms with E-state index >= 15 is 0 Å². The lowest BCUT2D eigenvalue weighted by Crippen LogP contribution is -2.22. The third-order valence-corrected chi connectivity index (χ3v) is 6.63. The molecule has 2 aromatic carbocycles. The molecular weight excluding hydrogens is 424 g/mol. The zero-order valence-corrected chi connectivity index (χ0v) is 22.6. The quantitative estimate of drug-likeness (QED) is 0.391. The van der Waals surface area contributed by atoms with Gasteiger partial charge >= 0.3 is 0 Å². The van der Waals surface area contributed by atoms with Crippen LogP contribution in [0.25, 0.3) is 0 Å². The standard InChI is InChI=1S/C30H46O4/c1-29(2,3)24-15-10-13-23(28(24)34-8)22(14-11-19-31)26(32)16-9-12-21-17-18-27(33-7)25(20-21)30(4,5)6/h10,13,15,17-18,20,22,26,31-32H,9,11-12,14,16,19H2,1-8H3. The average Bonchev–Trinajstić information content (AvgIpc) is 2.77. The van der Waals surface area contributed by atoms with Crippen LogP contribution in [0.4, 0.5) is 0 Å². The van der Waals surface area contributed by atoms with Crippen LogP contribution >= 0.6 is 0 Å². The minimum Gasteiger partial charge on any atom is -0.496 e. The van der Waals surface area contributed by atoms with Gasteiger partial charge < -0.3 is 19.7 Å². The molecule has 0 saturated carbocycles. The largest absolute Gasteiger partial charge is 0.496 e. The smallest absolute Gasteiger partial charge is 0.126 e. The highest BCUT2D eigenvalue weighted by molar-refractivity contribution is 5.47. The van der Waals surface area contributed by atoms with Gasteiger partial charge in [0.05, 0.1) is 20.3 Å². The molecule has 2 aromatic rings. The molecule has 2 unspecified atom stereocenters. The van der Waals surface area contributed by atoms with Gasteiger partial charge in [-0.1, -0.05) is 71.9 Å². The molecule has 190 valence electrons. The highest BCUT2D eigenvalue weighted by atomic mass is 16.5. The van der Waals surface area contributed by atoms with E-state index in [0.29, 0.717) is 12.8 Å². The summed E-state index contributed by atoms with van der Waals surface area (Å²) in [6.45, 7) is 13.2. The Kier molecular flexibility index (Phi) is 10.0. The van der Waals surface area contributed by atoms with E-state index in [0.717, 1.165) is 41.9 Å². The van der Waals surface area contributed by atoms with E-state index in [1.54, 1.807) is 14.2 Å². The molecule has 34 heavy (non-hydrogen) atoms. The van der Waals surface area contributed by atoms with Crippen molar-refractivity contribution < 1.29 is 19.7 Å². The first-order valence-electron chi connectivity index (χ1n) is 12.6. The van der Waals surface area contributed by atoms with Gasteiger partial charge in [0.25, 0.3) is 0 Å². The molecule has 0 radical (unpaired) electrons. The molecule has 0 aliphatic heterocycles. The molecule has 4 heteroatoms. The maximum atomic E-state index is 11.3. The summed E-state index contributed by atoms with van der Waals surface area (Å²) in [5.41, 5.74) is 4.59. The molecule has 2 rings (SSSR count). The zero-order chi connectivity index (χ0) is 25.5. The van der Waals surface area contributed by atoms with Gasteiger partial charge in [-0.15, -0.1) is 0 Å². The van der Waals surface area contributed by atoms with Gasteiger partial charge in [-0.05, 0) is 65.7 Å². The Morgan fingerprint density at radius 2 is 1.50 bits per heavy atom.